The Morgan fingerprint density at radius 3 is 2.89 bits per heavy atom. The molecule has 2 heterocycles. The molecule has 2 rings (SSSR count). The molecule has 0 aliphatic rings. The highest BCUT2D eigenvalue weighted by molar-refractivity contribution is 7.18. The molecule has 0 aliphatic carbocycles. The van der Waals surface area contributed by atoms with Crippen LogP contribution in [0, 0.1) is 13.8 Å². The van der Waals surface area contributed by atoms with Gasteiger partial charge in [0.2, 0.25) is 0 Å². The Morgan fingerprint density at radius 2 is 2.16 bits per heavy atom. The van der Waals surface area contributed by atoms with Crippen LogP contribution in [0.2, 0.25) is 0 Å². The number of rotatable bonds is 6. The van der Waals surface area contributed by atoms with Gasteiger partial charge < -0.3 is 10.1 Å². The SMILES string of the molecule is Cc1sc2ncnc(NCCOCC(F)F)c2c1C. The molecule has 1 N–H and O–H groups in total. The molecule has 19 heavy (non-hydrogen) atoms. The zero-order valence-electron chi connectivity index (χ0n) is 10.7. The monoisotopic (exact) mass is 287 g/mol. The summed E-state index contributed by atoms with van der Waals surface area (Å²) in [5, 5.41) is 4.10. The molecule has 0 saturated heterocycles. The maximum Gasteiger partial charge on any atom is 0.261 e. The third-order valence-corrected chi connectivity index (χ3v) is 3.86. The summed E-state index contributed by atoms with van der Waals surface area (Å²) in [7, 11) is 0. The highest BCUT2D eigenvalue weighted by atomic mass is 32.1. The second-order valence-electron chi connectivity index (χ2n) is 4.08. The minimum absolute atomic E-state index is 0.220. The molecule has 0 bridgehead atoms. The predicted octanol–water partition coefficient (Wildman–Crippen LogP) is 3.00. The molecule has 4 nitrogen and oxygen atoms in total. The number of nitrogens with zero attached hydrogens (tertiary/aromatic N) is 2. The Labute approximate surface area is 113 Å². The van der Waals surface area contributed by atoms with E-state index in [1.165, 1.54) is 11.2 Å². The van der Waals surface area contributed by atoms with Crippen LogP contribution in [-0.2, 0) is 4.74 Å². The van der Waals surface area contributed by atoms with Gasteiger partial charge in [0.15, 0.2) is 0 Å². The topological polar surface area (TPSA) is 47.0 Å². The summed E-state index contributed by atoms with van der Waals surface area (Å²) < 4.78 is 28.6. The van der Waals surface area contributed by atoms with Crippen LogP contribution in [0.1, 0.15) is 10.4 Å². The first-order valence-electron chi connectivity index (χ1n) is 5.90. The summed E-state index contributed by atoms with van der Waals surface area (Å²) in [6.45, 7) is 4.19. The summed E-state index contributed by atoms with van der Waals surface area (Å²) in [5.74, 6) is 0.729. The Hall–Kier alpha value is -1.34. The lowest BCUT2D eigenvalue weighted by Crippen LogP contribution is -2.14. The van der Waals surface area contributed by atoms with Crippen LogP contribution < -0.4 is 5.32 Å². The van der Waals surface area contributed by atoms with E-state index < -0.39 is 13.0 Å². The lowest BCUT2D eigenvalue weighted by Gasteiger charge is -2.07. The number of halogens is 2. The van der Waals surface area contributed by atoms with Crippen molar-refractivity contribution < 1.29 is 13.5 Å². The van der Waals surface area contributed by atoms with Gasteiger partial charge in [-0.15, -0.1) is 11.3 Å². The number of fused-ring (bicyclic) bond motifs is 1. The number of alkyl halides is 2. The van der Waals surface area contributed by atoms with Gasteiger partial charge in [0.05, 0.1) is 12.0 Å². The van der Waals surface area contributed by atoms with Crippen molar-refractivity contribution in [2.75, 3.05) is 25.1 Å². The number of thiophene rings is 1. The van der Waals surface area contributed by atoms with Crippen LogP contribution in [-0.4, -0.2) is 36.2 Å². The van der Waals surface area contributed by atoms with E-state index in [9.17, 15) is 8.78 Å². The number of hydrogen-bond acceptors (Lipinski definition) is 5. The van der Waals surface area contributed by atoms with Crippen molar-refractivity contribution in [2.24, 2.45) is 0 Å². The molecular formula is C12H15F2N3OS. The molecule has 0 fully saturated rings. The largest absolute Gasteiger partial charge is 0.374 e. The van der Waals surface area contributed by atoms with Gasteiger partial charge >= 0.3 is 0 Å². The van der Waals surface area contributed by atoms with Gasteiger partial charge in [0.1, 0.15) is 23.6 Å². The Morgan fingerprint density at radius 1 is 1.37 bits per heavy atom. The fourth-order valence-corrected chi connectivity index (χ4v) is 2.73. The van der Waals surface area contributed by atoms with Gasteiger partial charge in [0, 0.05) is 11.4 Å². The molecule has 0 unspecified atom stereocenters. The fourth-order valence-electron chi connectivity index (χ4n) is 1.73. The van der Waals surface area contributed by atoms with Crippen LogP contribution >= 0.6 is 11.3 Å². The Bertz CT molecular complexity index is 559. The molecule has 0 amide bonds. The maximum atomic E-state index is 11.9. The summed E-state index contributed by atoms with van der Waals surface area (Å²) in [5.41, 5.74) is 1.15. The first kappa shape index (κ1) is 14.1. The van der Waals surface area contributed by atoms with Crippen molar-refractivity contribution in [1.29, 1.82) is 0 Å². The second kappa shape index (κ2) is 6.21. The van der Waals surface area contributed by atoms with Gasteiger partial charge in [0.25, 0.3) is 6.43 Å². The van der Waals surface area contributed by atoms with Crippen molar-refractivity contribution in [1.82, 2.24) is 9.97 Å². The summed E-state index contributed by atoms with van der Waals surface area (Å²) in [6.07, 6.45) is -0.924. The van der Waals surface area contributed by atoms with Crippen LogP contribution in [0.5, 0.6) is 0 Å². The van der Waals surface area contributed by atoms with E-state index in [4.69, 9.17) is 4.74 Å². The van der Waals surface area contributed by atoms with Gasteiger partial charge in [-0.05, 0) is 19.4 Å². The number of anilines is 1. The lowest BCUT2D eigenvalue weighted by molar-refractivity contribution is 0.0215. The molecule has 0 aliphatic heterocycles. The number of nitrogens with one attached hydrogen (secondary N) is 1. The minimum atomic E-state index is -2.42. The van der Waals surface area contributed by atoms with Crippen LogP contribution in [0.25, 0.3) is 10.2 Å². The van der Waals surface area contributed by atoms with Gasteiger partial charge in [-0.2, -0.15) is 0 Å². The van der Waals surface area contributed by atoms with Crippen LogP contribution in [0.15, 0.2) is 6.33 Å². The fraction of sp³-hybridized carbons (Fsp3) is 0.500. The molecule has 0 aromatic carbocycles. The molecule has 0 atom stereocenters. The van der Waals surface area contributed by atoms with Crippen molar-refractivity contribution in [3.63, 3.8) is 0 Å². The molecule has 2 aromatic heterocycles. The standard InChI is InChI=1S/C12H15F2N3OS/c1-7-8(2)19-12-10(7)11(16-6-17-12)15-3-4-18-5-9(13)14/h6,9H,3-5H2,1-2H3,(H,15,16,17). The molecule has 7 heteroatoms. The Balaban J connectivity index is 2.01. The third-order valence-electron chi connectivity index (χ3n) is 2.75. The highest BCUT2D eigenvalue weighted by Crippen LogP contribution is 2.32. The van der Waals surface area contributed by atoms with Crippen molar-refractivity contribution >= 4 is 27.4 Å². The van der Waals surface area contributed by atoms with E-state index in [1.54, 1.807) is 11.3 Å². The molecule has 0 spiro atoms. The van der Waals surface area contributed by atoms with E-state index in [0.717, 1.165) is 21.6 Å². The zero-order chi connectivity index (χ0) is 13.8. The zero-order valence-corrected chi connectivity index (χ0v) is 11.6. The maximum absolute atomic E-state index is 11.9. The number of hydrogen-bond donors (Lipinski definition) is 1. The normalized spacial score (nSPS) is 11.4. The average Bonchev–Trinajstić information content (AvgIpc) is 2.65. The quantitative estimate of drug-likeness (QED) is 0.830. The van der Waals surface area contributed by atoms with Gasteiger partial charge in [-0.3, -0.25) is 0 Å². The van der Waals surface area contributed by atoms with Crippen LogP contribution in [0.3, 0.4) is 0 Å². The van der Waals surface area contributed by atoms with Gasteiger partial charge in [-0.1, -0.05) is 0 Å². The second-order valence-corrected chi connectivity index (χ2v) is 5.28. The van der Waals surface area contributed by atoms with E-state index >= 15 is 0 Å². The summed E-state index contributed by atoms with van der Waals surface area (Å²) in [6, 6.07) is 0. The van der Waals surface area contributed by atoms with Crippen LogP contribution in [0.4, 0.5) is 14.6 Å². The molecule has 2 aromatic rings. The van der Waals surface area contributed by atoms with Crippen molar-refractivity contribution in [3.05, 3.63) is 16.8 Å². The van der Waals surface area contributed by atoms with Gasteiger partial charge in [-0.25, -0.2) is 18.7 Å². The summed E-state index contributed by atoms with van der Waals surface area (Å²) >= 11 is 1.62. The minimum Gasteiger partial charge on any atom is -0.374 e. The van der Waals surface area contributed by atoms with E-state index in [-0.39, 0.29) is 6.61 Å². The first-order chi connectivity index (χ1) is 9.09. The smallest absolute Gasteiger partial charge is 0.261 e. The lowest BCUT2D eigenvalue weighted by atomic mass is 10.2. The van der Waals surface area contributed by atoms with E-state index in [1.807, 2.05) is 13.8 Å². The average molecular weight is 287 g/mol. The number of ether oxygens (including phenoxy) is 1. The molecule has 104 valence electrons. The first-order valence-corrected chi connectivity index (χ1v) is 6.71. The summed E-state index contributed by atoms with van der Waals surface area (Å²) in [4.78, 5) is 10.6. The third kappa shape index (κ3) is 3.36. The Kier molecular flexibility index (Phi) is 4.60. The highest BCUT2D eigenvalue weighted by Gasteiger charge is 2.11. The van der Waals surface area contributed by atoms with Crippen molar-refractivity contribution in [3.8, 4) is 0 Å². The van der Waals surface area contributed by atoms with Crippen molar-refractivity contribution in [2.45, 2.75) is 20.3 Å². The van der Waals surface area contributed by atoms with E-state index in [0.29, 0.717) is 6.54 Å². The predicted molar refractivity (Wildman–Crippen MR) is 72.2 cm³/mol. The number of aromatic nitrogens is 2. The van der Waals surface area contributed by atoms with E-state index in [2.05, 4.69) is 15.3 Å². The number of aryl methyl sites for hydroxylation is 2. The molecule has 0 saturated carbocycles. The molecular weight excluding hydrogens is 272 g/mol. The molecule has 0 radical (unpaired) electrons.